The highest BCUT2D eigenvalue weighted by Crippen LogP contribution is 2.46. The summed E-state index contributed by atoms with van der Waals surface area (Å²) in [5.74, 6) is 0. The lowest BCUT2D eigenvalue weighted by molar-refractivity contribution is 1.47. The molecule has 0 saturated carbocycles. The van der Waals surface area contributed by atoms with Crippen molar-refractivity contribution in [3.05, 3.63) is 24.4 Å². The van der Waals surface area contributed by atoms with Crippen LogP contribution in [0.15, 0.2) is 24.4 Å². The molecule has 0 unspecified atom stereocenters. The zero-order chi connectivity index (χ0) is 5.84. The van der Waals surface area contributed by atoms with E-state index in [1.54, 1.807) is 0 Å². The Kier molecular flexibility index (Phi) is 0.374. The molecule has 0 fully saturated rings. The molecule has 9 heavy (non-hydrogen) atoms. The van der Waals surface area contributed by atoms with E-state index in [0.29, 0.717) is 0 Å². The van der Waals surface area contributed by atoms with Crippen LogP contribution in [-0.4, -0.2) is 4.98 Å². The highest BCUT2D eigenvalue weighted by atomic mass is 14.7. The van der Waals surface area contributed by atoms with Gasteiger partial charge in [-0.1, -0.05) is 12.1 Å². The second-order valence-electron chi connectivity index (χ2n) is 2.43. The minimum atomic E-state index is 1.28. The van der Waals surface area contributed by atoms with Gasteiger partial charge in [-0.05, 0) is 11.6 Å². The third kappa shape index (κ3) is 0.271. The Balaban J connectivity index is 2.76. The third-order valence-electron chi connectivity index (χ3n) is 1.93. The lowest BCUT2D eigenvalue weighted by atomic mass is 10.3. The Hall–Kier alpha value is -1.24. The summed E-state index contributed by atoms with van der Waals surface area (Å²) < 4.78 is 0. The molecule has 42 valence electrons. The van der Waals surface area contributed by atoms with Crippen molar-refractivity contribution in [3.63, 3.8) is 0 Å². The van der Waals surface area contributed by atoms with Gasteiger partial charge in [0.05, 0.1) is 0 Å². The van der Waals surface area contributed by atoms with E-state index in [2.05, 4.69) is 29.4 Å². The Morgan fingerprint density at radius 3 is 2.89 bits per heavy atom. The second kappa shape index (κ2) is 0.903. The minimum Gasteiger partial charge on any atom is -0.361 e. The Bertz CT molecular complexity index is 384. The topological polar surface area (TPSA) is 15.8 Å². The Labute approximate surface area is 52.3 Å². The molecule has 1 aromatic heterocycles. The predicted octanol–water partition coefficient (Wildman–Crippen LogP) is 2.15. The van der Waals surface area contributed by atoms with Gasteiger partial charge in [-0.25, -0.2) is 0 Å². The lowest BCUT2D eigenvalue weighted by Crippen LogP contribution is -1.63. The smallest absolute Gasteiger partial charge is 0.0466 e. The van der Waals surface area contributed by atoms with E-state index >= 15 is 0 Å². The zero-order valence-corrected chi connectivity index (χ0v) is 4.81. The van der Waals surface area contributed by atoms with E-state index in [-0.39, 0.29) is 0 Å². The number of benzene rings is 1. The van der Waals surface area contributed by atoms with E-state index in [1.807, 2.05) is 0 Å². The molecule has 0 bridgehead atoms. The molecule has 1 heteroatoms. The van der Waals surface area contributed by atoms with Crippen molar-refractivity contribution in [3.8, 4) is 11.1 Å². The van der Waals surface area contributed by atoms with E-state index in [1.165, 1.54) is 22.0 Å². The molecule has 1 heterocycles. The third-order valence-corrected chi connectivity index (χ3v) is 1.93. The van der Waals surface area contributed by atoms with Crippen LogP contribution in [0.3, 0.4) is 0 Å². The first kappa shape index (κ1) is 3.72. The van der Waals surface area contributed by atoms with Crippen LogP contribution < -0.4 is 0 Å². The van der Waals surface area contributed by atoms with E-state index in [0.717, 1.165) is 0 Å². The molecule has 1 nitrogen and oxygen atoms in total. The molecule has 2 aromatic rings. The normalized spacial score (nSPS) is 12.4. The minimum absolute atomic E-state index is 1.28. The average Bonchev–Trinajstić information content (AvgIpc) is 2.35. The van der Waals surface area contributed by atoms with Crippen LogP contribution in [0.4, 0.5) is 0 Å². The fourth-order valence-electron chi connectivity index (χ4n) is 1.42. The van der Waals surface area contributed by atoms with Crippen molar-refractivity contribution in [2.75, 3.05) is 0 Å². The lowest BCUT2D eigenvalue weighted by Gasteiger charge is -1.82. The first-order valence-corrected chi connectivity index (χ1v) is 3.07. The number of rotatable bonds is 0. The van der Waals surface area contributed by atoms with Gasteiger partial charge >= 0.3 is 0 Å². The molecule has 0 saturated heterocycles. The quantitative estimate of drug-likeness (QED) is 0.462. The molecule has 0 amide bonds. The van der Waals surface area contributed by atoms with E-state index in [9.17, 15) is 0 Å². The number of pyridine rings is 1. The number of nitrogens with one attached hydrogen (secondary N) is 1. The fraction of sp³-hybridized carbons (Fsp3) is 0. The molecule has 0 atom stereocenters. The Morgan fingerprint density at radius 1 is 1.11 bits per heavy atom. The van der Waals surface area contributed by atoms with Crippen LogP contribution >= 0.6 is 0 Å². The molecule has 0 spiro atoms. The molecule has 1 aliphatic carbocycles. The Morgan fingerprint density at radius 2 is 2.11 bits per heavy atom. The van der Waals surface area contributed by atoms with Gasteiger partial charge < -0.3 is 4.98 Å². The summed E-state index contributed by atoms with van der Waals surface area (Å²) in [6, 6.07) is 6.35. The zero-order valence-electron chi connectivity index (χ0n) is 4.81. The van der Waals surface area contributed by atoms with Crippen molar-refractivity contribution in [2.24, 2.45) is 0 Å². The van der Waals surface area contributed by atoms with Gasteiger partial charge in [0.2, 0.25) is 0 Å². The predicted molar refractivity (Wildman–Crippen MR) is 37.3 cm³/mol. The highest BCUT2D eigenvalue weighted by molar-refractivity contribution is 6.19. The van der Waals surface area contributed by atoms with Crippen LogP contribution in [0, 0.1) is 0 Å². The van der Waals surface area contributed by atoms with Crippen LogP contribution in [0.5, 0.6) is 0 Å². The van der Waals surface area contributed by atoms with Crippen LogP contribution in [-0.2, 0) is 0 Å². The van der Waals surface area contributed by atoms with Crippen molar-refractivity contribution < 1.29 is 0 Å². The number of aromatic amines is 1. The molecular weight excluding hydrogens is 110 g/mol. The SMILES string of the molecule is c1cc2c3c-2c[nH]c3c1. The summed E-state index contributed by atoms with van der Waals surface area (Å²) in [5, 5.41) is 1.44. The molecular formula is C8H5N. The van der Waals surface area contributed by atoms with E-state index in [4.69, 9.17) is 0 Å². The fourth-order valence-corrected chi connectivity index (χ4v) is 1.42. The number of H-pyrrole nitrogens is 1. The molecule has 3 rings (SSSR count). The average molecular weight is 115 g/mol. The summed E-state index contributed by atoms with van der Waals surface area (Å²) in [7, 11) is 0. The summed E-state index contributed by atoms with van der Waals surface area (Å²) >= 11 is 0. The number of fused-ring (bicyclic) bond motifs is 1. The van der Waals surface area contributed by atoms with Gasteiger partial charge in [0, 0.05) is 22.7 Å². The van der Waals surface area contributed by atoms with Crippen LogP contribution in [0.25, 0.3) is 22.0 Å². The summed E-state index contributed by atoms with van der Waals surface area (Å²) in [6.07, 6.45) is 2.07. The maximum Gasteiger partial charge on any atom is 0.0466 e. The number of hydrogen-bond acceptors (Lipinski definition) is 0. The summed E-state index contributed by atoms with van der Waals surface area (Å²) in [4.78, 5) is 3.18. The maximum absolute atomic E-state index is 3.18. The monoisotopic (exact) mass is 115 g/mol. The van der Waals surface area contributed by atoms with Crippen LogP contribution in [0.2, 0.25) is 0 Å². The molecule has 1 N–H and O–H groups in total. The van der Waals surface area contributed by atoms with Gasteiger partial charge in [-0.15, -0.1) is 0 Å². The van der Waals surface area contributed by atoms with Gasteiger partial charge in [0.25, 0.3) is 0 Å². The van der Waals surface area contributed by atoms with Crippen LogP contribution in [0.1, 0.15) is 0 Å². The molecule has 0 radical (unpaired) electrons. The highest BCUT2D eigenvalue weighted by Gasteiger charge is 2.21. The van der Waals surface area contributed by atoms with Gasteiger partial charge in [-0.3, -0.25) is 0 Å². The first-order chi connectivity index (χ1) is 4.47. The van der Waals surface area contributed by atoms with Crippen molar-refractivity contribution in [2.45, 2.75) is 0 Å². The van der Waals surface area contributed by atoms with Crippen molar-refractivity contribution >= 4 is 10.9 Å². The molecule has 1 aliphatic rings. The summed E-state index contributed by atoms with van der Waals surface area (Å²) in [5.41, 5.74) is 4.13. The number of hydrogen-bond donors (Lipinski definition) is 1. The first-order valence-electron chi connectivity index (χ1n) is 3.07. The van der Waals surface area contributed by atoms with Gasteiger partial charge in [0.1, 0.15) is 0 Å². The molecule has 0 aliphatic heterocycles. The maximum atomic E-state index is 3.18. The van der Waals surface area contributed by atoms with Crippen molar-refractivity contribution in [1.29, 1.82) is 0 Å². The van der Waals surface area contributed by atoms with E-state index < -0.39 is 0 Å². The summed E-state index contributed by atoms with van der Waals surface area (Å²) in [6.45, 7) is 0. The van der Waals surface area contributed by atoms with Gasteiger partial charge in [0.15, 0.2) is 0 Å². The van der Waals surface area contributed by atoms with Crippen molar-refractivity contribution in [1.82, 2.24) is 4.98 Å². The number of aromatic nitrogens is 1. The molecule has 1 aromatic carbocycles. The second-order valence-corrected chi connectivity index (χ2v) is 2.43. The van der Waals surface area contributed by atoms with Gasteiger partial charge in [-0.2, -0.15) is 0 Å². The largest absolute Gasteiger partial charge is 0.361 e. The standard InChI is InChI=1S/C8H5N/c1-2-5-6-4-9-7(3-1)8(5)6/h1-4,9H.